The van der Waals surface area contributed by atoms with E-state index in [-0.39, 0.29) is 41.3 Å². The highest BCUT2D eigenvalue weighted by Crippen LogP contribution is 2.31. The van der Waals surface area contributed by atoms with Crippen LogP contribution < -0.4 is 14.3 Å². The van der Waals surface area contributed by atoms with Gasteiger partial charge in [0.15, 0.2) is 0 Å². The fourth-order valence-electron chi connectivity index (χ4n) is 3.39. The van der Waals surface area contributed by atoms with E-state index in [2.05, 4.69) is 10.0 Å². The number of sulfonamides is 2. The Balaban J connectivity index is 1.58. The van der Waals surface area contributed by atoms with Crippen molar-refractivity contribution in [3.8, 4) is 0 Å². The van der Waals surface area contributed by atoms with E-state index < -0.39 is 43.5 Å². The van der Waals surface area contributed by atoms with Gasteiger partial charge in [-0.1, -0.05) is 6.07 Å². The lowest BCUT2D eigenvalue weighted by molar-refractivity contribution is -0.137. The average Bonchev–Trinajstić information content (AvgIpc) is 2.81. The van der Waals surface area contributed by atoms with E-state index in [4.69, 9.17) is 0 Å². The Morgan fingerprint density at radius 2 is 1.53 bits per heavy atom. The van der Waals surface area contributed by atoms with E-state index in [9.17, 15) is 39.2 Å². The summed E-state index contributed by atoms with van der Waals surface area (Å²) in [7, 11) is -7.88. The first-order chi connectivity index (χ1) is 17.6. The van der Waals surface area contributed by atoms with Gasteiger partial charge in [0.2, 0.25) is 15.9 Å². The first kappa shape index (κ1) is 28.9. The van der Waals surface area contributed by atoms with Gasteiger partial charge in [-0.15, -0.1) is 0 Å². The van der Waals surface area contributed by atoms with Gasteiger partial charge in [-0.3, -0.25) is 13.8 Å². The largest absolute Gasteiger partial charge is 0.416 e. The summed E-state index contributed by atoms with van der Waals surface area (Å²) in [4.78, 5) is 12.1. The third-order valence-corrected chi connectivity index (χ3v) is 7.76. The van der Waals surface area contributed by atoms with E-state index in [1.54, 1.807) is 0 Å². The van der Waals surface area contributed by atoms with Crippen LogP contribution in [-0.4, -0.2) is 35.5 Å². The van der Waals surface area contributed by atoms with Crippen molar-refractivity contribution in [2.45, 2.75) is 23.9 Å². The summed E-state index contributed by atoms with van der Waals surface area (Å²) < 4.78 is 104. The highest BCUT2D eigenvalue weighted by atomic mass is 32.2. The quantitative estimate of drug-likeness (QED) is 0.338. The number of alkyl halides is 3. The fraction of sp³-hybridized carbons (Fsp3) is 0.208. The van der Waals surface area contributed by atoms with Crippen molar-refractivity contribution >= 4 is 43.0 Å². The molecule has 2 N–H and O–H groups in total. The smallest absolute Gasteiger partial charge is 0.326 e. The van der Waals surface area contributed by atoms with Gasteiger partial charge < -0.3 is 5.32 Å². The lowest BCUT2D eigenvalue weighted by atomic mass is 10.2. The van der Waals surface area contributed by atoms with Crippen LogP contribution in [0, 0.1) is 5.82 Å². The number of carbonyl (C=O) groups excluding carboxylic acids is 1. The Hall–Kier alpha value is -3.65. The molecule has 0 aliphatic rings. The molecule has 3 aromatic rings. The molecular weight excluding hydrogens is 550 g/mol. The third kappa shape index (κ3) is 7.92. The molecule has 0 radical (unpaired) electrons. The molecule has 0 aliphatic carbocycles. The van der Waals surface area contributed by atoms with Crippen LogP contribution >= 0.6 is 0 Å². The monoisotopic (exact) mass is 573 g/mol. The van der Waals surface area contributed by atoms with Crippen molar-refractivity contribution in [3.05, 3.63) is 84.2 Å². The maximum Gasteiger partial charge on any atom is 0.416 e. The zero-order chi connectivity index (χ0) is 28.1. The van der Waals surface area contributed by atoms with Gasteiger partial charge in [-0.05, 0) is 73.2 Å². The Labute approximate surface area is 217 Å². The van der Waals surface area contributed by atoms with Crippen molar-refractivity contribution in [1.82, 2.24) is 0 Å². The average molecular weight is 574 g/mol. The Kier molecular flexibility index (Phi) is 8.67. The molecule has 8 nitrogen and oxygen atoms in total. The second-order valence-electron chi connectivity index (χ2n) is 8.17. The van der Waals surface area contributed by atoms with Gasteiger partial charge >= 0.3 is 6.18 Å². The minimum atomic E-state index is -4.63. The number of halogens is 4. The Morgan fingerprint density at radius 1 is 0.895 bits per heavy atom. The lowest BCUT2D eigenvalue weighted by Gasteiger charge is -2.22. The molecule has 204 valence electrons. The van der Waals surface area contributed by atoms with Crippen LogP contribution in [-0.2, 0) is 31.0 Å². The van der Waals surface area contributed by atoms with Gasteiger partial charge in [-0.25, -0.2) is 21.2 Å². The van der Waals surface area contributed by atoms with Crippen molar-refractivity contribution < 1.29 is 39.2 Å². The van der Waals surface area contributed by atoms with Gasteiger partial charge in [0.05, 0.1) is 22.4 Å². The molecule has 0 atom stereocenters. The molecular formula is C24H23F4N3O5S2. The molecule has 0 unspecified atom stereocenters. The van der Waals surface area contributed by atoms with Gasteiger partial charge in [-0.2, -0.15) is 13.2 Å². The summed E-state index contributed by atoms with van der Waals surface area (Å²) in [6.45, 7) is -0.0315. The molecule has 0 saturated carbocycles. The molecule has 0 bridgehead atoms. The maximum atomic E-state index is 13.2. The van der Waals surface area contributed by atoms with Crippen LogP contribution in [0.15, 0.2) is 77.7 Å². The second kappa shape index (κ2) is 11.4. The SMILES string of the molecule is CS(=O)(=O)N(CCCC(=O)Nc1ccc(S(=O)(=O)Nc2cccc(C(F)(F)F)c2)cc1)c1ccc(F)cc1. The Bertz CT molecular complexity index is 1490. The number of anilines is 3. The molecule has 3 rings (SSSR count). The number of benzene rings is 3. The number of hydrogen-bond acceptors (Lipinski definition) is 5. The zero-order valence-electron chi connectivity index (χ0n) is 19.9. The number of nitrogens with one attached hydrogen (secondary N) is 2. The first-order valence-electron chi connectivity index (χ1n) is 11.0. The van der Waals surface area contributed by atoms with E-state index in [1.165, 1.54) is 42.5 Å². The molecule has 0 aromatic heterocycles. The van der Waals surface area contributed by atoms with E-state index in [1.807, 2.05) is 0 Å². The fourth-order valence-corrected chi connectivity index (χ4v) is 5.41. The second-order valence-corrected chi connectivity index (χ2v) is 11.8. The third-order valence-electron chi connectivity index (χ3n) is 5.17. The number of rotatable bonds is 10. The van der Waals surface area contributed by atoms with Crippen molar-refractivity contribution in [2.75, 3.05) is 27.1 Å². The summed E-state index contributed by atoms with van der Waals surface area (Å²) in [6, 6.07) is 13.6. The van der Waals surface area contributed by atoms with Crippen LogP contribution in [0.4, 0.5) is 34.6 Å². The number of amides is 1. The van der Waals surface area contributed by atoms with Crippen molar-refractivity contribution in [2.24, 2.45) is 0 Å². The summed E-state index contributed by atoms with van der Waals surface area (Å²) in [5, 5.41) is 2.56. The predicted molar refractivity (Wildman–Crippen MR) is 135 cm³/mol. The molecule has 0 fully saturated rings. The number of hydrogen-bond donors (Lipinski definition) is 2. The zero-order valence-corrected chi connectivity index (χ0v) is 21.5. The van der Waals surface area contributed by atoms with Crippen molar-refractivity contribution in [1.29, 1.82) is 0 Å². The summed E-state index contributed by atoms with van der Waals surface area (Å²) in [5.74, 6) is -0.984. The molecule has 38 heavy (non-hydrogen) atoms. The summed E-state index contributed by atoms with van der Waals surface area (Å²) >= 11 is 0. The van der Waals surface area contributed by atoms with E-state index in [0.29, 0.717) is 6.07 Å². The van der Waals surface area contributed by atoms with Crippen LogP contribution in [0.1, 0.15) is 18.4 Å². The van der Waals surface area contributed by atoms with Gasteiger partial charge in [0.25, 0.3) is 10.0 Å². The normalized spacial score (nSPS) is 12.1. The standard InChI is InChI=1S/C24H23F4N3O5S2/c1-37(33,34)31(21-11-7-18(25)8-12-21)15-3-6-23(32)29-19-9-13-22(14-10-19)38(35,36)30-20-5-2-4-17(16-20)24(26,27)28/h2,4-5,7-14,16,30H,3,6,15H2,1H3,(H,29,32). The molecule has 0 spiro atoms. The van der Waals surface area contributed by atoms with Gasteiger partial charge in [0, 0.05) is 24.3 Å². The molecule has 0 aliphatic heterocycles. The first-order valence-corrected chi connectivity index (χ1v) is 14.3. The Morgan fingerprint density at radius 3 is 2.11 bits per heavy atom. The molecule has 0 heterocycles. The predicted octanol–water partition coefficient (Wildman–Crippen LogP) is 4.83. The van der Waals surface area contributed by atoms with Crippen molar-refractivity contribution in [3.63, 3.8) is 0 Å². The minimum Gasteiger partial charge on any atom is -0.326 e. The molecule has 0 saturated heterocycles. The molecule has 1 amide bonds. The number of nitrogens with zero attached hydrogens (tertiary/aromatic N) is 1. The van der Waals surface area contributed by atoms with Crippen LogP contribution in [0.2, 0.25) is 0 Å². The number of carbonyl (C=O) groups is 1. The topological polar surface area (TPSA) is 113 Å². The molecule has 3 aromatic carbocycles. The highest BCUT2D eigenvalue weighted by Gasteiger charge is 2.30. The summed E-state index contributed by atoms with van der Waals surface area (Å²) in [6.07, 6.45) is -3.56. The van der Waals surface area contributed by atoms with Gasteiger partial charge in [0.1, 0.15) is 5.82 Å². The highest BCUT2D eigenvalue weighted by molar-refractivity contribution is 7.92. The summed E-state index contributed by atoms with van der Waals surface area (Å²) in [5.41, 5.74) is -0.759. The van der Waals surface area contributed by atoms with Crippen LogP contribution in [0.3, 0.4) is 0 Å². The maximum absolute atomic E-state index is 13.2. The van der Waals surface area contributed by atoms with E-state index in [0.717, 1.165) is 34.8 Å². The van der Waals surface area contributed by atoms with E-state index >= 15 is 0 Å². The van der Waals surface area contributed by atoms with Crippen LogP contribution in [0.25, 0.3) is 0 Å². The molecule has 14 heteroatoms. The minimum absolute atomic E-state index is 0.0315. The van der Waals surface area contributed by atoms with Crippen LogP contribution in [0.5, 0.6) is 0 Å². The lowest BCUT2D eigenvalue weighted by Crippen LogP contribution is -2.31.